The number of halogens is 1. The number of fused-ring (bicyclic) bond motifs is 1. The number of aryl methyl sites for hydroxylation is 1. The third-order valence-corrected chi connectivity index (χ3v) is 5.65. The highest BCUT2D eigenvalue weighted by Gasteiger charge is 2.19. The van der Waals surface area contributed by atoms with Gasteiger partial charge in [-0.2, -0.15) is 0 Å². The maximum absolute atomic E-state index is 13.6. The molecule has 178 valence electrons. The Morgan fingerprint density at radius 3 is 2.35 bits per heavy atom. The van der Waals surface area contributed by atoms with Crippen LogP contribution in [0.4, 0.5) is 10.3 Å². The largest absolute Gasteiger partial charge is 0.328 e. The van der Waals surface area contributed by atoms with Gasteiger partial charge < -0.3 is 4.98 Å². The van der Waals surface area contributed by atoms with Gasteiger partial charge in [0.05, 0.1) is 22.4 Å². The monoisotopic (exact) mass is 463 g/mol. The molecule has 7 nitrogen and oxygen atoms in total. The summed E-state index contributed by atoms with van der Waals surface area (Å²) in [6.07, 6.45) is 0.374. The zero-order chi connectivity index (χ0) is 24.6. The average Bonchev–Trinajstić information content (AvgIpc) is 3.28. The number of rotatable bonds is 7. The van der Waals surface area contributed by atoms with Crippen LogP contribution in [0.1, 0.15) is 34.1 Å². The molecule has 2 aromatic carbocycles. The summed E-state index contributed by atoms with van der Waals surface area (Å²) in [5.41, 5.74) is 4.37. The molecule has 0 atom stereocenters. The van der Waals surface area contributed by atoms with Crippen LogP contribution < -0.4 is 11.0 Å². The molecule has 4 aromatic rings. The van der Waals surface area contributed by atoms with Gasteiger partial charge in [-0.05, 0) is 48.2 Å². The first-order valence-electron chi connectivity index (χ1n) is 11.5. The minimum atomic E-state index is -0.335. The minimum Gasteiger partial charge on any atom is -0.323 e. The van der Waals surface area contributed by atoms with E-state index in [0.717, 1.165) is 22.2 Å². The highest BCUT2D eigenvalue weighted by Crippen LogP contribution is 2.33. The number of imidazole rings is 2. The van der Waals surface area contributed by atoms with Gasteiger partial charge in [0.1, 0.15) is 5.82 Å². The maximum atomic E-state index is 13.6. The van der Waals surface area contributed by atoms with E-state index >= 15 is 0 Å². The van der Waals surface area contributed by atoms with Crippen molar-refractivity contribution in [2.45, 2.75) is 40.7 Å². The van der Waals surface area contributed by atoms with Gasteiger partial charge in [0.25, 0.3) is 0 Å². The van der Waals surface area contributed by atoms with E-state index in [0.29, 0.717) is 36.2 Å². The lowest BCUT2D eigenvalue weighted by atomic mass is 10.0. The van der Waals surface area contributed by atoms with Crippen LogP contribution in [0.2, 0.25) is 0 Å². The number of aromatic amines is 1. The van der Waals surface area contributed by atoms with E-state index < -0.39 is 0 Å². The van der Waals surface area contributed by atoms with Crippen LogP contribution in [-0.2, 0) is 18.4 Å². The van der Waals surface area contributed by atoms with Crippen LogP contribution in [0.3, 0.4) is 0 Å². The number of aromatic nitrogens is 4. The van der Waals surface area contributed by atoms with Crippen molar-refractivity contribution >= 4 is 22.9 Å². The molecule has 8 heteroatoms. The van der Waals surface area contributed by atoms with Crippen molar-refractivity contribution < 1.29 is 9.18 Å². The number of carbonyl (C=O) groups excluding carboxylic acids is 1. The lowest BCUT2D eigenvalue weighted by Crippen LogP contribution is -2.24. The van der Waals surface area contributed by atoms with Gasteiger partial charge >= 0.3 is 5.69 Å². The van der Waals surface area contributed by atoms with Crippen molar-refractivity contribution in [3.8, 4) is 22.5 Å². The summed E-state index contributed by atoms with van der Waals surface area (Å²) in [6.45, 7) is 8.73. The quantitative estimate of drug-likeness (QED) is 0.396. The molecule has 2 N–H and O–H groups in total. The summed E-state index contributed by atoms with van der Waals surface area (Å²) >= 11 is 0. The number of hydrogen-bond donors (Lipinski definition) is 2. The number of anilines is 1. The fourth-order valence-corrected chi connectivity index (χ4v) is 4.12. The first-order valence-corrected chi connectivity index (χ1v) is 11.5. The molecule has 0 radical (unpaired) electrons. The standard InChI is InChI=1S/C26H30FN5O2/c1-15(2)12-22(33)28-25-29-23(17-6-9-19(27)10-7-17)24(30-25)18-8-11-20-21(13-18)31(5)26(34)32(20)14-16(3)4/h6-11,13,15-16H,12,14H2,1-5H3,(H2,28,29,30,33). The molecule has 0 spiro atoms. The summed E-state index contributed by atoms with van der Waals surface area (Å²) in [4.78, 5) is 33.0. The molecule has 0 saturated carbocycles. The molecule has 0 unspecified atom stereocenters. The number of nitrogens with zero attached hydrogens (tertiary/aromatic N) is 3. The Labute approximate surface area is 197 Å². The van der Waals surface area contributed by atoms with Gasteiger partial charge in [0.2, 0.25) is 11.9 Å². The molecular weight excluding hydrogens is 433 g/mol. The molecule has 2 heterocycles. The van der Waals surface area contributed by atoms with Crippen LogP contribution in [0.15, 0.2) is 47.3 Å². The van der Waals surface area contributed by atoms with Gasteiger partial charge in [-0.15, -0.1) is 0 Å². The Hall–Kier alpha value is -3.68. The van der Waals surface area contributed by atoms with Crippen LogP contribution in [-0.4, -0.2) is 25.0 Å². The Bertz CT molecular complexity index is 1390. The Morgan fingerprint density at radius 2 is 1.71 bits per heavy atom. The SMILES string of the molecule is CC(C)CC(=O)Nc1nc(-c2ccc3c(c2)n(C)c(=O)n3CC(C)C)c(-c2ccc(F)cc2)[nH]1. The third-order valence-electron chi connectivity index (χ3n) is 5.65. The van der Waals surface area contributed by atoms with Crippen LogP contribution >= 0.6 is 0 Å². The van der Waals surface area contributed by atoms with Gasteiger partial charge in [-0.3, -0.25) is 19.2 Å². The number of amides is 1. The maximum Gasteiger partial charge on any atom is 0.328 e. The second-order valence-electron chi connectivity index (χ2n) is 9.51. The summed E-state index contributed by atoms with van der Waals surface area (Å²) < 4.78 is 17.0. The molecule has 0 aliphatic heterocycles. The van der Waals surface area contributed by atoms with Gasteiger partial charge in [0, 0.05) is 31.1 Å². The summed E-state index contributed by atoms with van der Waals surface area (Å²) in [5.74, 6) is 0.398. The minimum absolute atomic E-state index is 0.0664. The van der Waals surface area contributed by atoms with Crippen molar-refractivity contribution in [2.24, 2.45) is 18.9 Å². The third kappa shape index (κ3) is 4.66. The van der Waals surface area contributed by atoms with Gasteiger partial charge in [-0.25, -0.2) is 14.2 Å². The summed E-state index contributed by atoms with van der Waals surface area (Å²) in [5, 5.41) is 2.83. The lowest BCUT2D eigenvalue weighted by molar-refractivity contribution is -0.116. The summed E-state index contributed by atoms with van der Waals surface area (Å²) in [7, 11) is 1.76. The number of hydrogen-bond acceptors (Lipinski definition) is 3. The number of benzene rings is 2. The molecule has 0 saturated heterocycles. The van der Waals surface area contributed by atoms with Crippen LogP contribution in [0.25, 0.3) is 33.5 Å². The van der Waals surface area contributed by atoms with Gasteiger partial charge in [-0.1, -0.05) is 33.8 Å². The van der Waals surface area contributed by atoms with Crippen molar-refractivity contribution in [2.75, 3.05) is 5.32 Å². The zero-order valence-corrected chi connectivity index (χ0v) is 20.1. The van der Waals surface area contributed by atoms with E-state index in [4.69, 9.17) is 0 Å². The van der Waals surface area contributed by atoms with Crippen LogP contribution in [0, 0.1) is 17.7 Å². The van der Waals surface area contributed by atoms with E-state index in [2.05, 4.69) is 29.1 Å². The molecule has 4 rings (SSSR count). The fourth-order valence-electron chi connectivity index (χ4n) is 4.12. The van der Waals surface area contributed by atoms with Gasteiger partial charge in [0.15, 0.2) is 0 Å². The van der Waals surface area contributed by atoms with E-state index in [1.54, 1.807) is 28.3 Å². The highest BCUT2D eigenvalue weighted by atomic mass is 19.1. The summed E-state index contributed by atoms with van der Waals surface area (Å²) in [6, 6.07) is 11.9. The van der Waals surface area contributed by atoms with Crippen molar-refractivity contribution in [3.63, 3.8) is 0 Å². The number of H-pyrrole nitrogens is 1. The predicted molar refractivity (Wildman–Crippen MR) is 133 cm³/mol. The smallest absolute Gasteiger partial charge is 0.323 e. The van der Waals surface area contributed by atoms with E-state index in [1.165, 1.54) is 12.1 Å². The molecule has 2 aromatic heterocycles. The zero-order valence-electron chi connectivity index (χ0n) is 20.1. The second-order valence-corrected chi connectivity index (χ2v) is 9.51. The second kappa shape index (κ2) is 9.29. The first kappa shape index (κ1) is 23.5. The van der Waals surface area contributed by atoms with Crippen molar-refractivity contribution in [3.05, 3.63) is 58.8 Å². The Morgan fingerprint density at radius 1 is 1.03 bits per heavy atom. The molecule has 0 fully saturated rings. The molecular formula is C26H30FN5O2. The predicted octanol–water partition coefficient (Wildman–Crippen LogP) is 5.18. The van der Waals surface area contributed by atoms with Crippen LogP contribution in [0.5, 0.6) is 0 Å². The Balaban J connectivity index is 1.83. The molecule has 0 aliphatic carbocycles. The van der Waals surface area contributed by atoms with Crippen molar-refractivity contribution in [1.82, 2.24) is 19.1 Å². The topological polar surface area (TPSA) is 84.7 Å². The lowest BCUT2D eigenvalue weighted by Gasteiger charge is -2.07. The molecule has 0 aliphatic rings. The number of nitrogens with one attached hydrogen (secondary N) is 2. The van der Waals surface area contributed by atoms with E-state index in [-0.39, 0.29) is 23.3 Å². The van der Waals surface area contributed by atoms with Crippen molar-refractivity contribution in [1.29, 1.82) is 0 Å². The molecule has 1 amide bonds. The average molecular weight is 464 g/mol. The highest BCUT2D eigenvalue weighted by molar-refractivity contribution is 5.92. The fraction of sp³-hybridized carbons (Fsp3) is 0.346. The Kier molecular flexibility index (Phi) is 6.41. The van der Waals surface area contributed by atoms with E-state index in [9.17, 15) is 14.0 Å². The van der Waals surface area contributed by atoms with E-state index in [1.807, 2.05) is 32.0 Å². The number of carbonyl (C=O) groups is 1. The normalized spacial score (nSPS) is 11.6. The molecule has 34 heavy (non-hydrogen) atoms. The first-order chi connectivity index (χ1) is 16.1. The molecule has 0 bridgehead atoms.